The molecular weight excluding hydrogens is 284 g/mol. The molecule has 23 heavy (non-hydrogen) atoms. The molecule has 3 nitrogen and oxygen atoms in total. The molecule has 3 heteroatoms. The van der Waals surface area contributed by atoms with Crippen LogP contribution in [0.15, 0.2) is 60.8 Å². The summed E-state index contributed by atoms with van der Waals surface area (Å²) in [5.74, 6) is -0.125. The minimum Gasteiger partial charge on any atom is -0.320 e. The number of nitrogens with zero attached hydrogens (tertiary/aromatic N) is 1. The van der Waals surface area contributed by atoms with Gasteiger partial charge in [-0.05, 0) is 37.6 Å². The van der Waals surface area contributed by atoms with Gasteiger partial charge in [0.1, 0.15) is 0 Å². The Bertz CT molecular complexity index is 892. The van der Waals surface area contributed by atoms with Crippen molar-refractivity contribution in [2.24, 2.45) is 0 Å². The largest absolute Gasteiger partial charge is 0.320 e. The molecule has 1 aromatic heterocycles. The average molecular weight is 302 g/mol. The van der Waals surface area contributed by atoms with E-state index in [4.69, 9.17) is 0 Å². The van der Waals surface area contributed by atoms with Gasteiger partial charge in [0.05, 0.1) is 11.2 Å². The van der Waals surface area contributed by atoms with Crippen LogP contribution < -0.4 is 5.32 Å². The van der Waals surface area contributed by atoms with Crippen LogP contribution in [0.2, 0.25) is 0 Å². The standard InChI is InChI=1S/C20H18N2O/c1-3-6-15-11-10-14(2)13-17(15)20(23)22-18-9-4-7-16-8-5-12-21-19(16)18/h3-13H,1-2H3,(H,22,23)/b6-3-. The van der Waals surface area contributed by atoms with Gasteiger partial charge < -0.3 is 5.32 Å². The zero-order valence-electron chi connectivity index (χ0n) is 13.2. The number of amides is 1. The van der Waals surface area contributed by atoms with Gasteiger partial charge in [-0.15, -0.1) is 0 Å². The van der Waals surface area contributed by atoms with Gasteiger partial charge in [-0.25, -0.2) is 0 Å². The van der Waals surface area contributed by atoms with Crippen LogP contribution in [-0.4, -0.2) is 10.9 Å². The Morgan fingerprint density at radius 1 is 1.13 bits per heavy atom. The van der Waals surface area contributed by atoms with Gasteiger partial charge in [0, 0.05) is 17.1 Å². The molecular formula is C20H18N2O. The summed E-state index contributed by atoms with van der Waals surface area (Å²) in [6, 6.07) is 15.5. The number of carbonyl (C=O) groups is 1. The predicted molar refractivity (Wildman–Crippen MR) is 95.6 cm³/mol. The Morgan fingerprint density at radius 2 is 1.96 bits per heavy atom. The lowest BCUT2D eigenvalue weighted by molar-refractivity contribution is 0.102. The zero-order valence-corrected chi connectivity index (χ0v) is 13.2. The Labute approximate surface area is 135 Å². The summed E-state index contributed by atoms with van der Waals surface area (Å²) in [5, 5.41) is 3.99. The van der Waals surface area contributed by atoms with E-state index in [9.17, 15) is 4.79 Å². The van der Waals surface area contributed by atoms with Gasteiger partial charge in [0.2, 0.25) is 0 Å². The Hall–Kier alpha value is -2.94. The third-order valence-electron chi connectivity index (χ3n) is 3.68. The van der Waals surface area contributed by atoms with Gasteiger partial charge in [0.15, 0.2) is 0 Å². The van der Waals surface area contributed by atoms with Crippen LogP contribution in [0.25, 0.3) is 17.0 Å². The lowest BCUT2D eigenvalue weighted by Gasteiger charge is -2.10. The van der Waals surface area contributed by atoms with Gasteiger partial charge in [-0.3, -0.25) is 9.78 Å². The van der Waals surface area contributed by atoms with Crippen molar-refractivity contribution in [2.75, 3.05) is 5.32 Å². The number of allylic oxidation sites excluding steroid dienone is 1. The van der Waals surface area contributed by atoms with E-state index in [0.717, 1.165) is 27.7 Å². The third-order valence-corrected chi connectivity index (χ3v) is 3.68. The molecule has 3 aromatic rings. The molecule has 0 spiro atoms. The van der Waals surface area contributed by atoms with E-state index in [1.807, 2.05) is 74.5 Å². The average Bonchev–Trinajstić information content (AvgIpc) is 2.57. The highest BCUT2D eigenvalue weighted by atomic mass is 16.1. The normalized spacial score (nSPS) is 11.0. The second kappa shape index (κ2) is 6.44. The number of benzene rings is 2. The SMILES string of the molecule is C/C=C\c1ccc(C)cc1C(=O)Nc1cccc2cccnc12. The second-order valence-electron chi connectivity index (χ2n) is 5.43. The summed E-state index contributed by atoms with van der Waals surface area (Å²) < 4.78 is 0. The Morgan fingerprint density at radius 3 is 2.78 bits per heavy atom. The first-order chi connectivity index (χ1) is 11.2. The number of para-hydroxylation sites is 1. The molecule has 1 amide bonds. The summed E-state index contributed by atoms with van der Waals surface area (Å²) in [7, 11) is 0. The van der Waals surface area contributed by atoms with E-state index < -0.39 is 0 Å². The number of hydrogen-bond acceptors (Lipinski definition) is 2. The van der Waals surface area contributed by atoms with Crippen molar-refractivity contribution >= 4 is 28.6 Å². The molecule has 1 N–H and O–H groups in total. The predicted octanol–water partition coefficient (Wildman–Crippen LogP) is 4.83. The van der Waals surface area contributed by atoms with Crippen molar-refractivity contribution in [1.29, 1.82) is 0 Å². The molecule has 3 rings (SSSR count). The highest BCUT2D eigenvalue weighted by Gasteiger charge is 2.12. The molecule has 0 atom stereocenters. The molecule has 0 aliphatic rings. The van der Waals surface area contributed by atoms with Gasteiger partial charge in [-0.1, -0.05) is 48.0 Å². The fraction of sp³-hybridized carbons (Fsp3) is 0.100. The van der Waals surface area contributed by atoms with Crippen molar-refractivity contribution in [1.82, 2.24) is 4.98 Å². The van der Waals surface area contributed by atoms with Gasteiger partial charge in [-0.2, -0.15) is 0 Å². The molecule has 0 saturated heterocycles. The van der Waals surface area contributed by atoms with Crippen LogP contribution in [0.4, 0.5) is 5.69 Å². The van der Waals surface area contributed by atoms with Crippen LogP contribution in [0.3, 0.4) is 0 Å². The fourth-order valence-electron chi connectivity index (χ4n) is 2.59. The van der Waals surface area contributed by atoms with Crippen molar-refractivity contribution in [3.8, 4) is 0 Å². The van der Waals surface area contributed by atoms with Crippen molar-refractivity contribution in [3.05, 3.63) is 77.5 Å². The van der Waals surface area contributed by atoms with E-state index in [-0.39, 0.29) is 5.91 Å². The van der Waals surface area contributed by atoms with Crippen LogP contribution in [0.1, 0.15) is 28.4 Å². The van der Waals surface area contributed by atoms with Crippen molar-refractivity contribution in [3.63, 3.8) is 0 Å². The monoisotopic (exact) mass is 302 g/mol. The van der Waals surface area contributed by atoms with Crippen molar-refractivity contribution < 1.29 is 4.79 Å². The van der Waals surface area contributed by atoms with Crippen LogP contribution >= 0.6 is 0 Å². The summed E-state index contributed by atoms with van der Waals surface area (Å²) in [4.78, 5) is 17.1. The first-order valence-electron chi connectivity index (χ1n) is 7.57. The topological polar surface area (TPSA) is 42.0 Å². The van der Waals surface area contributed by atoms with Crippen LogP contribution in [0.5, 0.6) is 0 Å². The van der Waals surface area contributed by atoms with E-state index in [0.29, 0.717) is 5.56 Å². The number of rotatable bonds is 3. The highest BCUT2D eigenvalue weighted by molar-refractivity contribution is 6.10. The summed E-state index contributed by atoms with van der Waals surface area (Å²) in [6.07, 6.45) is 5.60. The molecule has 0 radical (unpaired) electrons. The van der Waals surface area contributed by atoms with Crippen molar-refractivity contribution in [2.45, 2.75) is 13.8 Å². The lowest BCUT2D eigenvalue weighted by Crippen LogP contribution is -2.14. The molecule has 1 heterocycles. The third kappa shape index (κ3) is 3.14. The number of carbonyl (C=O) groups excluding carboxylic acids is 1. The summed E-state index contributed by atoms with van der Waals surface area (Å²) >= 11 is 0. The molecule has 0 fully saturated rings. The second-order valence-corrected chi connectivity index (χ2v) is 5.43. The van der Waals surface area contributed by atoms with Gasteiger partial charge >= 0.3 is 0 Å². The maximum atomic E-state index is 12.7. The Balaban J connectivity index is 2.00. The summed E-state index contributed by atoms with van der Waals surface area (Å²) in [6.45, 7) is 3.92. The van der Waals surface area contributed by atoms with E-state index in [1.165, 1.54) is 0 Å². The summed E-state index contributed by atoms with van der Waals surface area (Å²) in [5.41, 5.74) is 4.14. The number of nitrogens with one attached hydrogen (secondary N) is 1. The molecule has 0 aliphatic heterocycles. The fourth-order valence-corrected chi connectivity index (χ4v) is 2.59. The first-order valence-corrected chi connectivity index (χ1v) is 7.57. The van der Waals surface area contributed by atoms with E-state index >= 15 is 0 Å². The number of hydrogen-bond donors (Lipinski definition) is 1. The van der Waals surface area contributed by atoms with Gasteiger partial charge in [0.25, 0.3) is 5.91 Å². The number of anilines is 1. The molecule has 0 aliphatic carbocycles. The quantitative estimate of drug-likeness (QED) is 0.753. The maximum Gasteiger partial charge on any atom is 0.256 e. The molecule has 0 bridgehead atoms. The minimum atomic E-state index is -0.125. The van der Waals surface area contributed by atoms with E-state index in [2.05, 4.69) is 10.3 Å². The molecule has 2 aromatic carbocycles. The number of pyridine rings is 1. The van der Waals surface area contributed by atoms with Crippen LogP contribution in [-0.2, 0) is 0 Å². The molecule has 114 valence electrons. The van der Waals surface area contributed by atoms with Crippen LogP contribution in [0, 0.1) is 6.92 Å². The molecule has 0 saturated carbocycles. The zero-order chi connectivity index (χ0) is 16.2. The smallest absolute Gasteiger partial charge is 0.256 e. The van der Waals surface area contributed by atoms with E-state index in [1.54, 1.807) is 6.20 Å². The number of fused-ring (bicyclic) bond motifs is 1. The minimum absolute atomic E-state index is 0.125. The first kappa shape index (κ1) is 15.0. The molecule has 0 unspecified atom stereocenters. The maximum absolute atomic E-state index is 12.7. The Kier molecular flexibility index (Phi) is 4.20. The lowest BCUT2D eigenvalue weighted by atomic mass is 10.0. The number of aromatic nitrogens is 1. The highest BCUT2D eigenvalue weighted by Crippen LogP contribution is 2.22. The number of aryl methyl sites for hydroxylation is 1.